The zero-order valence-corrected chi connectivity index (χ0v) is 8.79. The highest BCUT2D eigenvalue weighted by molar-refractivity contribution is 5.66. The van der Waals surface area contributed by atoms with E-state index in [0.717, 1.165) is 11.8 Å². The first-order valence-electron chi connectivity index (χ1n) is 5.70. The zero-order valence-electron chi connectivity index (χ0n) is 8.79. The molecule has 3 heteroatoms. The molecule has 1 amide bonds. The fraction of sp³-hybridized carbons (Fsp3) is 0.909. The number of hydrogen-bond acceptors (Lipinski definition) is 2. The largest absolute Gasteiger partial charge is 0.449 e. The molecule has 2 fully saturated rings. The Morgan fingerprint density at radius 1 is 1.43 bits per heavy atom. The van der Waals surface area contributed by atoms with Crippen molar-refractivity contribution in [3.63, 3.8) is 0 Å². The number of hydrogen-bond donors (Lipinski definition) is 1. The second kappa shape index (κ2) is 4.20. The molecule has 1 N–H and O–H groups in total. The highest BCUT2D eigenvalue weighted by Crippen LogP contribution is 2.48. The van der Waals surface area contributed by atoms with E-state index in [-0.39, 0.29) is 6.09 Å². The van der Waals surface area contributed by atoms with Gasteiger partial charge in [0.05, 0.1) is 6.61 Å². The molecule has 80 valence electrons. The third-order valence-corrected chi connectivity index (χ3v) is 3.63. The summed E-state index contributed by atoms with van der Waals surface area (Å²) in [5.74, 6) is 2.42. The molecular weight excluding hydrogens is 178 g/mol. The fourth-order valence-corrected chi connectivity index (χ4v) is 2.96. The molecular formula is C11H19NO2. The lowest BCUT2D eigenvalue weighted by molar-refractivity contribution is 0.111. The van der Waals surface area contributed by atoms with E-state index in [1.54, 1.807) is 0 Å². The minimum absolute atomic E-state index is 0.254. The fourth-order valence-electron chi connectivity index (χ4n) is 2.96. The maximum absolute atomic E-state index is 11.1. The normalized spacial score (nSPS) is 34.5. The van der Waals surface area contributed by atoms with E-state index in [1.165, 1.54) is 25.7 Å². The summed E-state index contributed by atoms with van der Waals surface area (Å²) in [7, 11) is 0. The Bertz CT molecular complexity index is 217. The number of rotatable bonds is 3. The van der Waals surface area contributed by atoms with Crippen molar-refractivity contribution < 1.29 is 9.53 Å². The molecule has 2 aliphatic rings. The quantitative estimate of drug-likeness (QED) is 0.753. The lowest BCUT2D eigenvalue weighted by Gasteiger charge is -2.20. The van der Waals surface area contributed by atoms with Gasteiger partial charge in [0.2, 0.25) is 0 Å². The molecule has 0 aliphatic heterocycles. The van der Waals surface area contributed by atoms with Crippen LogP contribution in [0.2, 0.25) is 0 Å². The average molecular weight is 197 g/mol. The molecule has 0 spiro atoms. The molecule has 3 unspecified atom stereocenters. The Balaban J connectivity index is 1.69. The first-order chi connectivity index (χ1) is 6.79. The van der Waals surface area contributed by atoms with Crippen molar-refractivity contribution in [3.8, 4) is 0 Å². The van der Waals surface area contributed by atoms with Crippen molar-refractivity contribution in [2.24, 2.45) is 17.8 Å². The van der Waals surface area contributed by atoms with Gasteiger partial charge in [0.25, 0.3) is 0 Å². The van der Waals surface area contributed by atoms with Gasteiger partial charge in [0, 0.05) is 6.54 Å². The minimum atomic E-state index is -0.254. The Morgan fingerprint density at radius 2 is 2.29 bits per heavy atom. The van der Waals surface area contributed by atoms with E-state index < -0.39 is 0 Å². The van der Waals surface area contributed by atoms with Gasteiger partial charge >= 0.3 is 6.09 Å². The highest BCUT2D eigenvalue weighted by atomic mass is 16.5. The molecule has 0 aromatic heterocycles. The monoisotopic (exact) mass is 197 g/mol. The summed E-state index contributed by atoms with van der Waals surface area (Å²) in [5, 5.41) is 2.65. The van der Waals surface area contributed by atoms with Crippen LogP contribution in [0.3, 0.4) is 0 Å². The summed E-state index contributed by atoms with van der Waals surface area (Å²) in [6.45, 7) is 3.18. The second-order valence-corrected chi connectivity index (χ2v) is 4.56. The average Bonchev–Trinajstić information content (AvgIpc) is 2.76. The molecule has 2 saturated carbocycles. The van der Waals surface area contributed by atoms with Crippen LogP contribution in [-0.2, 0) is 4.74 Å². The number of amides is 1. The number of fused-ring (bicyclic) bond motifs is 2. The number of carbonyl (C=O) groups excluding carboxylic acids is 1. The van der Waals surface area contributed by atoms with Crippen molar-refractivity contribution in [2.45, 2.75) is 32.6 Å². The highest BCUT2D eigenvalue weighted by Gasteiger charge is 2.39. The first-order valence-corrected chi connectivity index (χ1v) is 5.70. The van der Waals surface area contributed by atoms with Crippen LogP contribution in [0.1, 0.15) is 32.6 Å². The maximum Gasteiger partial charge on any atom is 0.407 e. The third-order valence-electron chi connectivity index (χ3n) is 3.63. The SMILES string of the molecule is CCNC(=O)OCC1CC2CCC1C2. The predicted molar refractivity (Wildman–Crippen MR) is 54.0 cm³/mol. The second-order valence-electron chi connectivity index (χ2n) is 4.56. The Hall–Kier alpha value is -0.730. The first kappa shape index (κ1) is 9.81. The van der Waals surface area contributed by atoms with E-state index in [2.05, 4.69) is 5.32 Å². The van der Waals surface area contributed by atoms with E-state index in [4.69, 9.17) is 4.74 Å². The standard InChI is InChI=1S/C11H19NO2/c1-2-12-11(13)14-7-10-6-8-3-4-9(10)5-8/h8-10H,2-7H2,1H3,(H,12,13). The van der Waals surface area contributed by atoms with Crippen LogP contribution in [0.15, 0.2) is 0 Å². The van der Waals surface area contributed by atoms with Gasteiger partial charge in [-0.15, -0.1) is 0 Å². The van der Waals surface area contributed by atoms with E-state index in [0.29, 0.717) is 19.1 Å². The van der Waals surface area contributed by atoms with Gasteiger partial charge < -0.3 is 10.1 Å². The Kier molecular flexibility index (Phi) is 2.94. The van der Waals surface area contributed by atoms with Crippen molar-refractivity contribution in [1.82, 2.24) is 5.32 Å². The third kappa shape index (κ3) is 2.02. The summed E-state index contributed by atoms with van der Waals surface area (Å²) >= 11 is 0. The minimum Gasteiger partial charge on any atom is -0.449 e. The molecule has 0 aromatic carbocycles. The molecule has 2 bridgehead atoms. The van der Waals surface area contributed by atoms with E-state index >= 15 is 0 Å². The van der Waals surface area contributed by atoms with E-state index in [1.807, 2.05) is 6.92 Å². The summed E-state index contributed by atoms with van der Waals surface area (Å²) in [6.07, 6.45) is 5.17. The topological polar surface area (TPSA) is 38.3 Å². The van der Waals surface area contributed by atoms with Crippen molar-refractivity contribution in [2.75, 3.05) is 13.2 Å². The molecule has 3 nitrogen and oxygen atoms in total. The van der Waals surface area contributed by atoms with Gasteiger partial charge in [-0.05, 0) is 43.9 Å². The van der Waals surface area contributed by atoms with Crippen LogP contribution < -0.4 is 5.32 Å². The van der Waals surface area contributed by atoms with Crippen molar-refractivity contribution in [1.29, 1.82) is 0 Å². The lowest BCUT2D eigenvalue weighted by atomic mass is 9.90. The van der Waals surface area contributed by atoms with Crippen LogP contribution in [0.5, 0.6) is 0 Å². The molecule has 2 rings (SSSR count). The van der Waals surface area contributed by atoms with Gasteiger partial charge in [-0.25, -0.2) is 4.79 Å². The maximum atomic E-state index is 11.1. The molecule has 14 heavy (non-hydrogen) atoms. The molecule has 2 aliphatic carbocycles. The van der Waals surface area contributed by atoms with Gasteiger partial charge in [-0.3, -0.25) is 0 Å². The number of carbonyl (C=O) groups is 1. The Morgan fingerprint density at radius 3 is 2.86 bits per heavy atom. The predicted octanol–water partition coefficient (Wildman–Crippen LogP) is 2.17. The summed E-state index contributed by atoms with van der Waals surface area (Å²) < 4.78 is 5.17. The van der Waals surface area contributed by atoms with Gasteiger partial charge in [0.15, 0.2) is 0 Å². The molecule has 0 heterocycles. The van der Waals surface area contributed by atoms with Gasteiger partial charge in [-0.2, -0.15) is 0 Å². The zero-order chi connectivity index (χ0) is 9.97. The van der Waals surface area contributed by atoms with Crippen LogP contribution in [-0.4, -0.2) is 19.2 Å². The van der Waals surface area contributed by atoms with Crippen LogP contribution in [0.25, 0.3) is 0 Å². The van der Waals surface area contributed by atoms with Crippen LogP contribution >= 0.6 is 0 Å². The van der Waals surface area contributed by atoms with E-state index in [9.17, 15) is 4.79 Å². The molecule has 0 saturated heterocycles. The Labute approximate surface area is 85.2 Å². The lowest BCUT2D eigenvalue weighted by Crippen LogP contribution is -2.27. The number of nitrogens with one attached hydrogen (secondary N) is 1. The van der Waals surface area contributed by atoms with Gasteiger partial charge in [0.1, 0.15) is 0 Å². The summed E-state index contributed by atoms with van der Waals surface area (Å²) in [6, 6.07) is 0. The van der Waals surface area contributed by atoms with Crippen LogP contribution in [0.4, 0.5) is 4.79 Å². The number of ether oxygens (including phenoxy) is 1. The number of alkyl carbamates (subject to hydrolysis) is 1. The summed E-state index contributed by atoms with van der Waals surface area (Å²) in [5.41, 5.74) is 0. The summed E-state index contributed by atoms with van der Waals surface area (Å²) in [4.78, 5) is 11.1. The van der Waals surface area contributed by atoms with Crippen molar-refractivity contribution >= 4 is 6.09 Å². The molecule has 0 radical (unpaired) electrons. The van der Waals surface area contributed by atoms with Gasteiger partial charge in [-0.1, -0.05) is 6.42 Å². The molecule has 0 aromatic rings. The van der Waals surface area contributed by atoms with Crippen LogP contribution in [0, 0.1) is 17.8 Å². The van der Waals surface area contributed by atoms with Crippen molar-refractivity contribution in [3.05, 3.63) is 0 Å². The smallest absolute Gasteiger partial charge is 0.407 e. The molecule has 3 atom stereocenters.